The van der Waals surface area contributed by atoms with Gasteiger partial charge in [0.2, 0.25) is 0 Å². The van der Waals surface area contributed by atoms with Crippen LogP contribution in [-0.2, 0) is 4.74 Å². The van der Waals surface area contributed by atoms with Crippen LogP contribution in [0.25, 0.3) is 0 Å². The minimum absolute atomic E-state index is 0. The van der Waals surface area contributed by atoms with Gasteiger partial charge in [0, 0.05) is 36.8 Å². The standard InChI is InChI=1S/C12H27N3OS.HI/c1-5-16-9-6-7-14-11(13)15-8-10-17-12(2,3)4;/h5-10H2,1-4H3,(H3,13,14,15);1H. The Kier molecular flexibility index (Phi) is 14.1. The van der Waals surface area contributed by atoms with Gasteiger partial charge in [0.25, 0.3) is 0 Å². The number of ether oxygens (including phenoxy) is 1. The number of hydrogen-bond acceptors (Lipinski definition) is 3. The molecule has 0 unspecified atom stereocenters. The maximum absolute atomic E-state index is 5.73. The summed E-state index contributed by atoms with van der Waals surface area (Å²) < 4.78 is 5.53. The van der Waals surface area contributed by atoms with Crippen molar-refractivity contribution in [3.05, 3.63) is 0 Å². The minimum atomic E-state index is 0. The zero-order valence-electron chi connectivity index (χ0n) is 12.0. The lowest BCUT2D eigenvalue weighted by atomic mass is 10.3. The quantitative estimate of drug-likeness (QED) is 0.290. The molecule has 0 bridgehead atoms. The van der Waals surface area contributed by atoms with Gasteiger partial charge in [-0.15, -0.1) is 24.0 Å². The molecule has 0 aliphatic heterocycles. The maximum Gasteiger partial charge on any atom is 0.188 e. The van der Waals surface area contributed by atoms with Crippen LogP contribution in [0.4, 0.5) is 0 Å². The van der Waals surface area contributed by atoms with Gasteiger partial charge in [-0.25, -0.2) is 0 Å². The van der Waals surface area contributed by atoms with E-state index in [9.17, 15) is 0 Å². The molecule has 0 spiro atoms. The summed E-state index contributed by atoms with van der Waals surface area (Å²) in [6.07, 6.45) is 0.924. The number of hydrogen-bond donors (Lipinski definition) is 2. The second kappa shape index (κ2) is 12.3. The average molecular weight is 389 g/mol. The Morgan fingerprint density at radius 1 is 1.39 bits per heavy atom. The van der Waals surface area contributed by atoms with Crippen molar-refractivity contribution in [1.29, 1.82) is 0 Å². The molecule has 18 heavy (non-hydrogen) atoms. The molecule has 0 saturated carbocycles. The van der Waals surface area contributed by atoms with E-state index in [1.165, 1.54) is 0 Å². The molecule has 0 fully saturated rings. The van der Waals surface area contributed by atoms with Crippen molar-refractivity contribution in [2.75, 3.05) is 32.1 Å². The van der Waals surface area contributed by atoms with Crippen molar-refractivity contribution >= 4 is 41.7 Å². The molecule has 0 aromatic heterocycles. The van der Waals surface area contributed by atoms with E-state index in [4.69, 9.17) is 10.5 Å². The minimum Gasteiger partial charge on any atom is -0.382 e. The van der Waals surface area contributed by atoms with Gasteiger partial charge in [0.15, 0.2) is 5.96 Å². The monoisotopic (exact) mass is 389 g/mol. The third-order valence-electron chi connectivity index (χ3n) is 1.88. The van der Waals surface area contributed by atoms with Gasteiger partial charge in [0.05, 0.1) is 0 Å². The first-order valence-corrected chi connectivity index (χ1v) is 7.19. The van der Waals surface area contributed by atoms with Gasteiger partial charge in [-0.1, -0.05) is 20.8 Å². The molecule has 0 atom stereocenters. The van der Waals surface area contributed by atoms with E-state index in [0.29, 0.717) is 10.7 Å². The lowest BCUT2D eigenvalue weighted by Crippen LogP contribution is -2.34. The Hall–Kier alpha value is 0.310. The second-order valence-corrected chi connectivity index (χ2v) is 6.63. The first kappa shape index (κ1) is 20.6. The summed E-state index contributed by atoms with van der Waals surface area (Å²) in [5, 5.41) is 3.11. The second-order valence-electron chi connectivity index (χ2n) is 4.71. The van der Waals surface area contributed by atoms with Gasteiger partial charge in [0.1, 0.15) is 0 Å². The van der Waals surface area contributed by atoms with Gasteiger partial charge in [-0.3, -0.25) is 4.99 Å². The normalized spacial score (nSPS) is 12.1. The van der Waals surface area contributed by atoms with Crippen LogP contribution >= 0.6 is 35.7 Å². The molecule has 0 heterocycles. The number of nitrogens with zero attached hydrogens (tertiary/aromatic N) is 1. The third kappa shape index (κ3) is 16.3. The van der Waals surface area contributed by atoms with Crippen LogP contribution < -0.4 is 11.1 Å². The van der Waals surface area contributed by atoms with Crippen LogP contribution in [0.5, 0.6) is 0 Å². The first-order chi connectivity index (χ1) is 7.95. The number of nitrogens with two attached hydrogens (primary N) is 1. The molecule has 0 saturated heterocycles. The molecule has 0 aliphatic carbocycles. The van der Waals surface area contributed by atoms with Crippen LogP contribution in [0.3, 0.4) is 0 Å². The lowest BCUT2D eigenvalue weighted by molar-refractivity contribution is 0.146. The van der Waals surface area contributed by atoms with Crippen molar-refractivity contribution < 1.29 is 4.74 Å². The zero-order chi connectivity index (χ0) is 13.1. The van der Waals surface area contributed by atoms with E-state index in [0.717, 1.165) is 38.5 Å². The largest absolute Gasteiger partial charge is 0.382 e. The smallest absolute Gasteiger partial charge is 0.188 e. The van der Waals surface area contributed by atoms with E-state index < -0.39 is 0 Å². The van der Waals surface area contributed by atoms with Crippen molar-refractivity contribution in [3.63, 3.8) is 0 Å². The molecule has 4 nitrogen and oxygen atoms in total. The van der Waals surface area contributed by atoms with Crippen LogP contribution in [0.15, 0.2) is 4.99 Å². The van der Waals surface area contributed by atoms with E-state index in [2.05, 4.69) is 31.1 Å². The third-order valence-corrected chi connectivity index (χ3v) is 3.15. The molecular weight excluding hydrogens is 361 g/mol. The van der Waals surface area contributed by atoms with Crippen molar-refractivity contribution in [2.45, 2.75) is 38.9 Å². The molecule has 0 aliphatic rings. The van der Waals surface area contributed by atoms with E-state index in [1.54, 1.807) is 0 Å². The van der Waals surface area contributed by atoms with Crippen LogP contribution in [0, 0.1) is 0 Å². The Morgan fingerprint density at radius 3 is 2.61 bits per heavy atom. The van der Waals surface area contributed by atoms with Crippen molar-refractivity contribution in [1.82, 2.24) is 5.32 Å². The highest BCUT2D eigenvalue weighted by Crippen LogP contribution is 2.21. The Balaban J connectivity index is 0. The lowest BCUT2D eigenvalue weighted by Gasteiger charge is -2.17. The Labute approximate surface area is 133 Å². The van der Waals surface area contributed by atoms with Gasteiger partial charge in [-0.05, 0) is 13.3 Å². The molecule has 0 aromatic rings. The summed E-state index contributed by atoms with van der Waals surface area (Å²) in [5.41, 5.74) is 5.73. The fourth-order valence-corrected chi connectivity index (χ4v) is 1.92. The average Bonchev–Trinajstić information content (AvgIpc) is 2.23. The van der Waals surface area contributed by atoms with E-state index >= 15 is 0 Å². The number of nitrogens with one attached hydrogen (secondary N) is 1. The Morgan fingerprint density at radius 2 is 2.06 bits per heavy atom. The number of rotatable bonds is 8. The molecule has 6 heteroatoms. The highest BCUT2D eigenvalue weighted by Gasteiger charge is 2.09. The fourth-order valence-electron chi connectivity index (χ4n) is 1.10. The molecule has 0 amide bonds. The maximum atomic E-state index is 5.73. The predicted octanol–water partition coefficient (Wildman–Crippen LogP) is 2.47. The van der Waals surface area contributed by atoms with Crippen LogP contribution in [0.2, 0.25) is 0 Å². The molecule has 0 radical (unpaired) electrons. The number of halogens is 1. The highest BCUT2D eigenvalue weighted by atomic mass is 127. The van der Waals surface area contributed by atoms with Gasteiger partial charge >= 0.3 is 0 Å². The van der Waals surface area contributed by atoms with Crippen LogP contribution in [0.1, 0.15) is 34.1 Å². The van der Waals surface area contributed by atoms with E-state index in [1.807, 2.05) is 18.7 Å². The summed E-state index contributed by atoms with van der Waals surface area (Å²) in [7, 11) is 0. The molecule has 0 rings (SSSR count). The number of guanidine groups is 1. The Bertz CT molecular complexity index is 220. The number of thioether (sulfide) groups is 1. The van der Waals surface area contributed by atoms with Crippen molar-refractivity contribution in [3.8, 4) is 0 Å². The SMILES string of the molecule is CCOCCCN=C(N)NCCSC(C)(C)C.I. The summed E-state index contributed by atoms with van der Waals surface area (Å²) in [4.78, 5) is 4.22. The van der Waals surface area contributed by atoms with Gasteiger partial charge < -0.3 is 15.8 Å². The summed E-state index contributed by atoms with van der Waals surface area (Å²) in [5.74, 6) is 1.58. The summed E-state index contributed by atoms with van der Waals surface area (Å²) in [6.45, 7) is 11.7. The summed E-state index contributed by atoms with van der Waals surface area (Å²) in [6, 6.07) is 0. The molecule has 0 aromatic carbocycles. The first-order valence-electron chi connectivity index (χ1n) is 6.21. The molecule has 110 valence electrons. The zero-order valence-corrected chi connectivity index (χ0v) is 15.1. The fraction of sp³-hybridized carbons (Fsp3) is 0.917. The van der Waals surface area contributed by atoms with Crippen LogP contribution in [-0.4, -0.2) is 42.8 Å². The predicted molar refractivity (Wildman–Crippen MR) is 93.2 cm³/mol. The topological polar surface area (TPSA) is 59.6 Å². The summed E-state index contributed by atoms with van der Waals surface area (Å²) >= 11 is 1.92. The van der Waals surface area contributed by atoms with E-state index in [-0.39, 0.29) is 24.0 Å². The highest BCUT2D eigenvalue weighted by molar-refractivity contribution is 14.0. The molecular formula is C12H28IN3OS. The van der Waals surface area contributed by atoms with Crippen molar-refractivity contribution in [2.24, 2.45) is 10.7 Å². The molecule has 3 N–H and O–H groups in total. The van der Waals surface area contributed by atoms with Gasteiger partial charge in [-0.2, -0.15) is 11.8 Å². The number of aliphatic imine (C=N–C) groups is 1.